The number of carbonyl (C=O) groups excluding carboxylic acids is 1. The number of aryl methyl sites for hydroxylation is 1. The molecule has 5 aromatic rings. The van der Waals surface area contributed by atoms with Crippen molar-refractivity contribution >= 4 is 27.8 Å². The highest BCUT2D eigenvalue weighted by molar-refractivity contribution is 6.09. The molecule has 35 heavy (non-hydrogen) atoms. The summed E-state index contributed by atoms with van der Waals surface area (Å²) in [4.78, 5) is 17.4. The van der Waals surface area contributed by atoms with Gasteiger partial charge in [-0.2, -0.15) is 10.2 Å². The van der Waals surface area contributed by atoms with Crippen LogP contribution in [0.25, 0.3) is 33.1 Å². The summed E-state index contributed by atoms with van der Waals surface area (Å²) in [6.45, 7) is 4.41. The molecule has 178 valence electrons. The molecule has 2 N–H and O–H groups in total. The molecular weight excluding hydrogens is 450 g/mol. The van der Waals surface area contributed by atoms with E-state index in [1.165, 1.54) is 12.1 Å². The molecule has 0 aliphatic heterocycles. The van der Waals surface area contributed by atoms with Crippen LogP contribution in [0, 0.1) is 17.6 Å². The van der Waals surface area contributed by atoms with E-state index in [0.717, 1.165) is 27.9 Å². The molecule has 0 aliphatic carbocycles. The molecule has 3 aromatic heterocycles. The molecule has 0 saturated carbocycles. The van der Waals surface area contributed by atoms with Gasteiger partial charge in [0.2, 0.25) is 0 Å². The summed E-state index contributed by atoms with van der Waals surface area (Å²) in [6, 6.07) is 9.55. The molecule has 0 aliphatic rings. The molecule has 0 radical (unpaired) electrons. The molecule has 0 unspecified atom stereocenters. The van der Waals surface area contributed by atoms with Crippen molar-refractivity contribution in [2.45, 2.75) is 26.8 Å². The first-order chi connectivity index (χ1) is 16.7. The number of nitrogens with two attached hydrogens (primary N) is 1. The Kier molecular flexibility index (Phi) is 5.55. The molecule has 3 heterocycles. The summed E-state index contributed by atoms with van der Waals surface area (Å²) >= 11 is 0. The Morgan fingerprint density at radius 2 is 1.86 bits per heavy atom. The minimum Gasteiger partial charge on any atom is -0.366 e. The summed E-state index contributed by atoms with van der Waals surface area (Å²) in [5.41, 5.74) is 10.5. The molecule has 5 rings (SSSR count). The second-order valence-electron chi connectivity index (χ2n) is 9.10. The van der Waals surface area contributed by atoms with Gasteiger partial charge in [0.05, 0.1) is 35.7 Å². The van der Waals surface area contributed by atoms with Crippen LogP contribution in [0.5, 0.6) is 0 Å². The first-order valence-corrected chi connectivity index (χ1v) is 11.3. The van der Waals surface area contributed by atoms with Gasteiger partial charge in [0.15, 0.2) is 17.3 Å². The normalized spacial score (nSPS) is 11.7. The van der Waals surface area contributed by atoms with E-state index in [9.17, 15) is 13.6 Å². The third-order valence-electron chi connectivity index (χ3n) is 6.05. The van der Waals surface area contributed by atoms with Crippen LogP contribution in [0.3, 0.4) is 0 Å². The minimum atomic E-state index is -0.893. The second kappa shape index (κ2) is 8.57. The standard InChI is InChI=1S/C26H24F2N6O/c1-14(2)8-21-24(25(29)35)23(18-12-30-33(3)26(18)32-21)16-5-7-22-17(10-16)11-31-34(22)13-15-4-6-19(27)20(28)9-15/h4-7,9-12,14H,8,13H2,1-3H3,(H2,29,35). The van der Waals surface area contributed by atoms with E-state index >= 15 is 0 Å². The Bertz CT molecular complexity index is 1600. The van der Waals surface area contributed by atoms with Gasteiger partial charge in [-0.25, -0.2) is 13.8 Å². The minimum absolute atomic E-state index is 0.274. The maximum Gasteiger partial charge on any atom is 0.251 e. The summed E-state index contributed by atoms with van der Waals surface area (Å²) in [7, 11) is 1.81. The number of halogens is 2. The van der Waals surface area contributed by atoms with E-state index in [0.29, 0.717) is 34.5 Å². The van der Waals surface area contributed by atoms with Crippen LogP contribution in [0.15, 0.2) is 48.8 Å². The number of pyridine rings is 1. The highest BCUT2D eigenvalue weighted by Crippen LogP contribution is 2.35. The Balaban J connectivity index is 1.65. The quantitative estimate of drug-likeness (QED) is 0.389. The van der Waals surface area contributed by atoms with Gasteiger partial charge in [0.1, 0.15) is 0 Å². The fourth-order valence-corrected chi connectivity index (χ4v) is 4.48. The topological polar surface area (TPSA) is 91.6 Å². The molecule has 0 fully saturated rings. The average Bonchev–Trinajstić information content (AvgIpc) is 3.38. The van der Waals surface area contributed by atoms with Crippen LogP contribution >= 0.6 is 0 Å². The molecule has 2 aromatic carbocycles. The summed E-state index contributed by atoms with van der Waals surface area (Å²) in [5.74, 6) is -2.04. The number of benzene rings is 2. The van der Waals surface area contributed by atoms with E-state index in [1.807, 2.05) is 25.2 Å². The van der Waals surface area contributed by atoms with Crippen molar-refractivity contribution in [3.05, 3.63) is 77.2 Å². The summed E-state index contributed by atoms with van der Waals surface area (Å²) < 4.78 is 30.4. The number of primary amides is 1. The lowest BCUT2D eigenvalue weighted by atomic mass is 9.92. The van der Waals surface area contributed by atoms with Gasteiger partial charge in [-0.05, 0) is 47.7 Å². The number of nitrogens with zero attached hydrogens (tertiary/aromatic N) is 5. The zero-order chi connectivity index (χ0) is 24.9. The van der Waals surface area contributed by atoms with Gasteiger partial charge >= 0.3 is 0 Å². The van der Waals surface area contributed by atoms with Gasteiger partial charge in [-0.15, -0.1) is 0 Å². The molecule has 0 bridgehead atoms. The molecule has 7 nitrogen and oxygen atoms in total. The Hall–Kier alpha value is -4.14. The van der Waals surface area contributed by atoms with Crippen LogP contribution in [-0.4, -0.2) is 30.5 Å². The van der Waals surface area contributed by atoms with Crippen LogP contribution < -0.4 is 5.73 Å². The van der Waals surface area contributed by atoms with Gasteiger partial charge < -0.3 is 5.73 Å². The summed E-state index contributed by atoms with van der Waals surface area (Å²) in [6.07, 6.45) is 4.00. The molecule has 0 atom stereocenters. The number of carbonyl (C=O) groups is 1. The first kappa shape index (κ1) is 22.6. The van der Waals surface area contributed by atoms with Crippen molar-refractivity contribution in [2.75, 3.05) is 0 Å². The van der Waals surface area contributed by atoms with Gasteiger partial charge in [0, 0.05) is 23.4 Å². The van der Waals surface area contributed by atoms with Crippen molar-refractivity contribution in [3.8, 4) is 11.1 Å². The highest BCUT2D eigenvalue weighted by atomic mass is 19.2. The van der Waals surface area contributed by atoms with Crippen LogP contribution in [0.2, 0.25) is 0 Å². The highest BCUT2D eigenvalue weighted by Gasteiger charge is 2.23. The van der Waals surface area contributed by atoms with Gasteiger partial charge in [0.25, 0.3) is 5.91 Å². The molecule has 1 amide bonds. The lowest BCUT2D eigenvalue weighted by Gasteiger charge is -2.15. The second-order valence-corrected chi connectivity index (χ2v) is 9.10. The number of fused-ring (bicyclic) bond motifs is 2. The molecule has 0 spiro atoms. The van der Waals surface area contributed by atoms with Crippen LogP contribution in [-0.2, 0) is 20.0 Å². The van der Waals surface area contributed by atoms with Crippen LogP contribution in [0.1, 0.15) is 35.5 Å². The van der Waals surface area contributed by atoms with Crippen molar-refractivity contribution in [1.29, 1.82) is 0 Å². The SMILES string of the molecule is CC(C)Cc1nc2c(cnn2C)c(-c2ccc3c(cnn3Cc3ccc(F)c(F)c3)c2)c1C(N)=O. The van der Waals surface area contributed by atoms with Crippen molar-refractivity contribution in [3.63, 3.8) is 0 Å². The number of hydrogen-bond acceptors (Lipinski definition) is 4. The van der Waals surface area contributed by atoms with E-state index < -0.39 is 17.5 Å². The third-order valence-corrected chi connectivity index (χ3v) is 6.05. The zero-order valence-electron chi connectivity index (χ0n) is 19.6. The van der Waals surface area contributed by atoms with E-state index in [2.05, 4.69) is 24.0 Å². The van der Waals surface area contributed by atoms with E-state index in [1.54, 1.807) is 21.8 Å². The van der Waals surface area contributed by atoms with Crippen LogP contribution in [0.4, 0.5) is 8.78 Å². The maximum absolute atomic E-state index is 13.7. The van der Waals surface area contributed by atoms with E-state index in [-0.39, 0.29) is 12.5 Å². The first-order valence-electron chi connectivity index (χ1n) is 11.3. The fourth-order valence-electron chi connectivity index (χ4n) is 4.48. The number of amides is 1. The van der Waals surface area contributed by atoms with E-state index in [4.69, 9.17) is 10.7 Å². The average molecular weight is 475 g/mol. The molecular formula is C26H24F2N6O. The third kappa shape index (κ3) is 4.03. The zero-order valence-corrected chi connectivity index (χ0v) is 19.6. The van der Waals surface area contributed by atoms with Crippen molar-refractivity contribution in [2.24, 2.45) is 18.7 Å². The Morgan fingerprint density at radius 3 is 2.57 bits per heavy atom. The predicted octanol–water partition coefficient (Wildman–Crippen LogP) is 4.61. The number of hydrogen-bond donors (Lipinski definition) is 1. The molecule has 9 heteroatoms. The monoisotopic (exact) mass is 474 g/mol. The fraction of sp³-hybridized carbons (Fsp3) is 0.231. The maximum atomic E-state index is 13.7. The lowest BCUT2D eigenvalue weighted by molar-refractivity contribution is 0.0999. The summed E-state index contributed by atoms with van der Waals surface area (Å²) in [5, 5.41) is 10.4. The Labute approximate surface area is 200 Å². The van der Waals surface area contributed by atoms with Crippen molar-refractivity contribution < 1.29 is 13.6 Å². The van der Waals surface area contributed by atoms with Gasteiger partial charge in [-0.1, -0.05) is 26.0 Å². The Morgan fingerprint density at radius 1 is 1.06 bits per heavy atom. The smallest absolute Gasteiger partial charge is 0.251 e. The van der Waals surface area contributed by atoms with Gasteiger partial charge in [-0.3, -0.25) is 14.2 Å². The largest absolute Gasteiger partial charge is 0.366 e. The lowest BCUT2D eigenvalue weighted by Crippen LogP contribution is -2.18. The number of aromatic nitrogens is 5. The van der Waals surface area contributed by atoms with Crippen molar-refractivity contribution in [1.82, 2.24) is 24.5 Å². The number of rotatable bonds is 6. The predicted molar refractivity (Wildman–Crippen MR) is 130 cm³/mol. The molecule has 0 saturated heterocycles.